The molecule has 0 unspecified atom stereocenters. The lowest BCUT2D eigenvalue weighted by Crippen LogP contribution is -2.16. The quantitative estimate of drug-likeness (QED) is 0.775. The van der Waals surface area contributed by atoms with Crippen molar-refractivity contribution in [2.24, 2.45) is 0 Å². The Morgan fingerprint density at radius 2 is 2.12 bits per heavy atom. The van der Waals surface area contributed by atoms with Crippen LogP contribution >= 0.6 is 11.6 Å². The number of H-pyrrole nitrogens is 1. The molecule has 0 saturated heterocycles. The molecule has 0 radical (unpaired) electrons. The number of hydrogen-bond donors (Lipinski definition) is 1. The summed E-state index contributed by atoms with van der Waals surface area (Å²) in [5.41, 5.74) is -0.518. The Morgan fingerprint density at radius 3 is 2.69 bits per heavy atom. The van der Waals surface area contributed by atoms with Gasteiger partial charge in [-0.1, -0.05) is 0 Å². The molecule has 0 saturated carbocycles. The second-order valence-corrected chi connectivity index (χ2v) is 3.19. The molecule has 0 aliphatic heterocycles. The van der Waals surface area contributed by atoms with Gasteiger partial charge < -0.3 is 0 Å². The van der Waals surface area contributed by atoms with Gasteiger partial charge in [-0.3, -0.25) is 9.89 Å². The molecule has 0 aliphatic rings. The first kappa shape index (κ1) is 10.9. The summed E-state index contributed by atoms with van der Waals surface area (Å²) in [5, 5.41) is 1.82. The van der Waals surface area contributed by atoms with E-state index in [1.165, 1.54) is 0 Å². The second kappa shape index (κ2) is 3.48. The number of aromatic amines is 1. The maximum atomic E-state index is 12.3. The van der Waals surface area contributed by atoms with Crippen molar-refractivity contribution < 1.29 is 13.2 Å². The highest BCUT2D eigenvalue weighted by molar-refractivity contribution is 6.16. The number of aromatic nitrogens is 4. The molecular weight excluding hydrogens is 249 g/mol. The Labute approximate surface area is 90.9 Å². The number of hydrogen-bond acceptors (Lipinski definition) is 3. The average Bonchev–Trinajstić information content (AvgIpc) is 2.61. The van der Waals surface area contributed by atoms with E-state index in [9.17, 15) is 18.0 Å². The summed E-state index contributed by atoms with van der Waals surface area (Å²) in [6.07, 6.45) is -4.65. The van der Waals surface area contributed by atoms with Gasteiger partial charge in [0.05, 0.1) is 11.6 Å². The highest BCUT2D eigenvalue weighted by Crippen LogP contribution is 2.25. The van der Waals surface area contributed by atoms with Gasteiger partial charge in [0.25, 0.3) is 11.3 Å². The first-order valence-corrected chi connectivity index (χ1v) is 4.57. The molecule has 0 amide bonds. The van der Waals surface area contributed by atoms with Gasteiger partial charge in [0.2, 0.25) is 5.82 Å². The number of nitrogens with one attached hydrogen (secondary N) is 1. The van der Waals surface area contributed by atoms with E-state index in [0.717, 1.165) is 6.07 Å². The lowest BCUT2D eigenvalue weighted by atomic mass is 10.4. The van der Waals surface area contributed by atoms with Crippen LogP contribution in [0.1, 0.15) is 11.5 Å². The Bertz CT molecular complexity index is 587. The van der Waals surface area contributed by atoms with E-state index in [4.69, 9.17) is 11.6 Å². The normalized spacial score (nSPS) is 12.2. The molecule has 1 N–H and O–H groups in total. The fourth-order valence-corrected chi connectivity index (χ4v) is 1.26. The lowest BCUT2D eigenvalue weighted by Gasteiger charge is -1.98. The van der Waals surface area contributed by atoms with Gasteiger partial charge in [0.15, 0.2) is 0 Å². The highest BCUT2D eigenvalue weighted by atomic mass is 35.5. The number of alkyl halides is 4. The number of rotatable bonds is 1. The van der Waals surface area contributed by atoms with E-state index in [-0.39, 0.29) is 17.4 Å². The zero-order valence-corrected chi connectivity index (χ0v) is 8.30. The van der Waals surface area contributed by atoms with Crippen LogP contribution in [-0.4, -0.2) is 19.6 Å². The molecule has 0 bridgehead atoms. The molecule has 86 valence electrons. The molecule has 2 rings (SSSR count). The van der Waals surface area contributed by atoms with Crippen LogP contribution in [0.2, 0.25) is 0 Å². The van der Waals surface area contributed by atoms with Crippen LogP contribution in [0.3, 0.4) is 0 Å². The average molecular weight is 253 g/mol. The van der Waals surface area contributed by atoms with Gasteiger partial charge in [-0.25, -0.2) is 4.98 Å². The third kappa shape index (κ3) is 1.75. The summed E-state index contributed by atoms with van der Waals surface area (Å²) >= 11 is 5.43. The van der Waals surface area contributed by atoms with Crippen molar-refractivity contribution in [3.05, 3.63) is 27.9 Å². The first-order chi connectivity index (χ1) is 7.41. The van der Waals surface area contributed by atoms with Gasteiger partial charge in [0.1, 0.15) is 0 Å². The molecule has 0 aromatic carbocycles. The van der Waals surface area contributed by atoms with E-state index < -0.39 is 17.6 Å². The van der Waals surface area contributed by atoms with Crippen molar-refractivity contribution in [1.29, 1.82) is 0 Å². The maximum absolute atomic E-state index is 12.3. The summed E-state index contributed by atoms with van der Waals surface area (Å²) in [5.74, 6) is -1.70. The predicted octanol–water partition coefficient (Wildman–Crippen LogP) is 1.18. The van der Waals surface area contributed by atoms with Gasteiger partial charge in [-0.2, -0.15) is 22.7 Å². The highest BCUT2D eigenvalue weighted by Gasteiger charge is 2.35. The molecule has 0 fully saturated rings. The van der Waals surface area contributed by atoms with Crippen molar-refractivity contribution in [3.63, 3.8) is 0 Å². The molecule has 9 heteroatoms. The van der Waals surface area contributed by atoms with Gasteiger partial charge in [-0.05, 0) is 0 Å². The molecule has 0 aliphatic carbocycles. The summed E-state index contributed by atoms with van der Waals surface area (Å²) in [6.45, 7) is 0. The molecule has 2 aromatic rings. The fraction of sp³-hybridized carbons (Fsp3) is 0.286. The summed E-state index contributed by atoms with van der Waals surface area (Å²) < 4.78 is 37.4. The van der Waals surface area contributed by atoms with E-state index >= 15 is 0 Å². The SMILES string of the molecule is O=c1cc(CCl)nc2nc(C(F)(F)F)[nH]n12. The Kier molecular flexibility index (Phi) is 2.38. The van der Waals surface area contributed by atoms with Crippen LogP contribution < -0.4 is 5.56 Å². The van der Waals surface area contributed by atoms with Crippen LogP contribution in [0, 0.1) is 0 Å². The Morgan fingerprint density at radius 1 is 1.44 bits per heavy atom. The lowest BCUT2D eigenvalue weighted by molar-refractivity contribution is -0.144. The zero-order valence-electron chi connectivity index (χ0n) is 7.55. The minimum Gasteiger partial charge on any atom is -0.267 e. The van der Waals surface area contributed by atoms with Crippen LogP contribution in [0.15, 0.2) is 10.9 Å². The van der Waals surface area contributed by atoms with Crippen molar-refractivity contribution in [3.8, 4) is 0 Å². The monoisotopic (exact) mass is 252 g/mol. The van der Waals surface area contributed by atoms with Crippen molar-refractivity contribution in [2.45, 2.75) is 12.1 Å². The molecule has 16 heavy (non-hydrogen) atoms. The predicted molar refractivity (Wildman–Crippen MR) is 48.2 cm³/mol. The second-order valence-electron chi connectivity index (χ2n) is 2.92. The van der Waals surface area contributed by atoms with E-state index in [0.29, 0.717) is 4.52 Å². The summed E-state index contributed by atoms with van der Waals surface area (Å²) in [6, 6.07) is 1.04. The number of nitrogens with zero attached hydrogens (tertiary/aromatic N) is 3. The molecular formula is C7H4ClF3N4O. The third-order valence-electron chi connectivity index (χ3n) is 1.79. The van der Waals surface area contributed by atoms with Gasteiger partial charge in [0, 0.05) is 6.07 Å². The summed E-state index contributed by atoms with van der Waals surface area (Å²) in [4.78, 5) is 18.2. The minimum absolute atomic E-state index is 0.0695. The van der Waals surface area contributed by atoms with Gasteiger partial charge in [-0.15, -0.1) is 11.6 Å². The largest absolute Gasteiger partial charge is 0.451 e. The molecule has 2 heterocycles. The molecule has 2 aromatic heterocycles. The van der Waals surface area contributed by atoms with Crippen LogP contribution in [0.25, 0.3) is 5.78 Å². The zero-order chi connectivity index (χ0) is 11.9. The smallest absolute Gasteiger partial charge is 0.267 e. The van der Waals surface area contributed by atoms with Crippen molar-refractivity contribution >= 4 is 17.4 Å². The van der Waals surface area contributed by atoms with Gasteiger partial charge >= 0.3 is 6.18 Å². The minimum atomic E-state index is -4.65. The van der Waals surface area contributed by atoms with E-state index in [1.807, 2.05) is 5.10 Å². The maximum Gasteiger partial charge on any atom is 0.451 e. The van der Waals surface area contributed by atoms with E-state index in [1.54, 1.807) is 0 Å². The number of fused-ring (bicyclic) bond motifs is 1. The standard InChI is InChI=1S/C7H4ClF3N4O/c8-2-3-1-4(16)15-6(12-3)13-5(14-15)7(9,10)11/h1H,2H2,(H,12,13,14). The molecule has 5 nitrogen and oxygen atoms in total. The molecule has 0 atom stereocenters. The topological polar surface area (TPSA) is 63.0 Å². The fourth-order valence-electron chi connectivity index (χ4n) is 1.12. The molecule has 0 spiro atoms. The number of halogens is 4. The van der Waals surface area contributed by atoms with Crippen LogP contribution in [-0.2, 0) is 12.1 Å². The van der Waals surface area contributed by atoms with Crippen LogP contribution in [0.5, 0.6) is 0 Å². The van der Waals surface area contributed by atoms with Crippen molar-refractivity contribution in [1.82, 2.24) is 19.6 Å². The Hall–Kier alpha value is -1.57. The third-order valence-corrected chi connectivity index (χ3v) is 2.06. The summed E-state index contributed by atoms with van der Waals surface area (Å²) in [7, 11) is 0. The van der Waals surface area contributed by atoms with E-state index in [2.05, 4.69) is 9.97 Å². The first-order valence-electron chi connectivity index (χ1n) is 4.03. The van der Waals surface area contributed by atoms with Crippen molar-refractivity contribution in [2.75, 3.05) is 0 Å². The Balaban J connectivity index is 2.71. The van der Waals surface area contributed by atoms with Crippen LogP contribution in [0.4, 0.5) is 13.2 Å².